The Hall–Kier alpha value is -1.50. The van der Waals surface area contributed by atoms with Gasteiger partial charge < -0.3 is 4.98 Å². The highest BCUT2D eigenvalue weighted by atomic mass is 32.2. The molecule has 2 heterocycles. The maximum absolute atomic E-state index is 12.2. The first-order valence-electron chi connectivity index (χ1n) is 6.33. The first-order valence-corrected chi connectivity index (χ1v) is 7.56. The van der Waals surface area contributed by atoms with Crippen LogP contribution in [0.5, 0.6) is 0 Å². The molecule has 0 aromatic carbocycles. The number of rotatable bonds is 5. The summed E-state index contributed by atoms with van der Waals surface area (Å²) < 4.78 is 2.72. The Balaban J connectivity index is 2.63. The Bertz CT molecular complexity index is 698. The topological polar surface area (TPSA) is 72.7 Å². The zero-order valence-corrected chi connectivity index (χ0v) is 12.2. The van der Waals surface area contributed by atoms with Crippen molar-refractivity contribution in [1.82, 2.24) is 19.1 Å². The number of hydrogen-bond donors (Lipinski definition) is 1. The number of aromatic amines is 1. The van der Waals surface area contributed by atoms with Gasteiger partial charge in [-0.1, -0.05) is 31.5 Å². The van der Waals surface area contributed by atoms with E-state index in [1.165, 1.54) is 18.8 Å². The van der Waals surface area contributed by atoms with E-state index in [1.54, 1.807) is 4.57 Å². The third-order valence-corrected chi connectivity index (χ3v) is 3.71. The molecule has 104 valence electrons. The van der Waals surface area contributed by atoms with Crippen molar-refractivity contribution in [3.8, 4) is 0 Å². The molecule has 0 spiro atoms. The SMILES string of the molecule is CCCCCn1c(=O)n(C)c(=O)c2[nH]c(SC)nc21. The molecular weight excluding hydrogens is 264 g/mol. The van der Waals surface area contributed by atoms with Crippen molar-refractivity contribution in [3.63, 3.8) is 0 Å². The van der Waals surface area contributed by atoms with E-state index in [0.717, 1.165) is 23.8 Å². The molecular formula is C12H18N4O2S. The van der Waals surface area contributed by atoms with Crippen LogP contribution in [0.4, 0.5) is 0 Å². The summed E-state index contributed by atoms with van der Waals surface area (Å²) in [5.41, 5.74) is 0.254. The number of fused-ring (bicyclic) bond motifs is 1. The average Bonchev–Trinajstić information content (AvgIpc) is 2.84. The lowest BCUT2D eigenvalue weighted by Crippen LogP contribution is -2.38. The van der Waals surface area contributed by atoms with Gasteiger partial charge in [-0.15, -0.1) is 0 Å². The summed E-state index contributed by atoms with van der Waals surface area (Å²) in [7, 11) is 1.50. The molecule has 2 aromatic heterocycles. The smallest absolute Gasteiger partial charge is 0.327 e. The lowest BCUT2D eigenvalue weighted by Gasteiger charge is -2.07. The fourth-order valence-corrected chi connectivity index (χ4v) is 2.41. The van der Waals surface area contributed by atoms with Crippen LogP contribution in [-0.4, -0.2) is 25.4 Å². The minimum absolute atomic E-state index is 0.298. The van der Waals surface area contributed by atoms with E-state index < -0.39 is 0 Å². The van der Waals surface area contributed by atoms with Crippen LogP contribution in [0.25, 0.3) is 11.2 Å². The maximum atomic E-state index is 12.2. The molecule has 0 bridgehead atoms. The van der Waals surface area contributed by atoms with Crippen molar-refractivity contribution in [2.24, 2.45) is 7.05 Å². The number of nitrogens with one attached hydrogen (secondary N) is 1. The number of H-pyrrole nitrogens is 1. The van der Waals surface area contributed by atoms with Gasteiger partial charge in [0, 0.05) is 13.6 Å². The first kappa shape index (κ1) is 13.9. The predicted molar refractivity (Wildman–Crippen MR) is 76.9 cm³/mol. The van der Waals surface area contributed by atoms with E-state index in [-0.39, 0.29) is 11.2 Å². The maximum Gasteiger partial charge on any atom is 0.332 e. The number of aromatic nitrogens is 4. The molecule has 7 heteroatoms. The number of nitrogens with zero attached hydrogens (tertiary/aromatic N) is 3. The van der Waals surface area contributed by atoms with Crippen molar-refractivity contribution in [2.75, 3.05) is 6.26 Å². The van der Waals surface area contributed by atoms with Crippen LogP contribution < -0.4 is 11.2 Å². The third kappa shape index (κ3) is 2.47. The van der Waals surface area contributed by atoms with Crippen LogP contribution in [0.15, 0.2) is 14.7 Å². The molecule has 0 unspecified atom stereocenters. The van der Waals surface area contributed by atoms with E-state index in [9.17, 15) is 9.59 Å². The Morgan fingerprint density at radius 1 is 1.32 bits per heavy atom. The minimum Gasteiger partial charge on any atom is -0.327 e. The Kier molecular flexibility index (Phi) is 4.14. The highest BCUT2D eigenvalue weighted by Gasteiger charge is 2.14. The number of unbranched alkanes of at least 4 members (excludes halogenated alkanes) is 2. The van der Waals surface area contributed by atoms with Gasteiger partial charge in [0.15, 0.2) is 16.3 Å². The summed E-state index contributed by atoms with van der Waals surface area (Å²) >= 11 is 1.42. The highest BCUT2D eigenvalue weighted by Crippen LogP contribution is 2.14. The van der Waals surface area contributed by atoms with E-state index in [1.807, 2.05) is 6.26 Å². The molecule has 0 aliphatic carbocycles. The molecule has 0 amide bonds. The summed E-state index contributed by atoms with van der Waals surface area (Å²) in [5.74, 6) is 0. The van der Waals surface area contributed by atoms with Crippen LogP contribution in [0.3, 0.4) is 0 Å². The monoisotopic (exact) mass is 282 g/mol. The lowest BCUT2D eigenvalue weighted by atomic mass is 10.2. The summed E-state index contributed by atoms with van der Waals surface area (Å²) in [6.07, 6.45) is 4.92. The van der Waals surface area contributed by atoms with Gasteiger partial charge >= 0.3 is 5.69 Å². The summed E-state index contributed by atoms with van der Waals surface area (Å²) in [6, 6.07) is 0. The van der Waals surface area contributed by atoms with Gasteiger partial charge in [-0.25, -0.2) is 9.78 Å². The quantitative estimate of drug-likeness (QED) is 0.663. The van der Waals surface area contributed by atoms with Gasteiger partial charge in [0.1, 0.15) is 0 Å². The van der Waals surface area contributed by atoms with Crippen molar-refractivity contribution in [3.05, 3.63) is 20.8 Å². The minimum atomic E-state index is -0.320. The molecule has 19 heavy (non-hydrogen) atoms. The Labute approximate surface area is 114 Å². The van der Waals surface area contributed by atoms with Gasteiger partial charge in [-0.2, -0.15) is 0 Å². The van der Waals surface area contributed by atoms with Crippen molar-refractivity contribution >= 4 is 22.9 Å². The van der Waals surface area contributed by atoms with Gasteiger partial charge in [-0.05, 0) is 12.7 Å². The molecule has 6 nitrogen and oxygen atoms in total. The lowest BCUT2D eigenvalue weighted by molar-refractivity contribution is 0.566. The Morgan fingerprint density at radius 3 is 2.68 bits per heavy atom. The second-order valence-corrected chi connectivity index (χ2v) is 5.25. The summed E-state index contributed by atoms with van der Waals surface area (Å²) in [4.78, 5) is 31.5. The molecule has 0 atom stereocenters. The molecule has 0 saturated carbocycles. The Morgan fingerprint density at radius 2 is 2.05 bits per heavy atom. The van der Waals surface area contributed by atoms with E-state index in [2.05, 4.69) is 16.9 Å². The highest BCUT2D eigenvalue weighted by molar-refractivity contribution is 7.98. The van der Waals surface area contributed by atoms with Crippen LogP contribution in [0, 0.1) is 0 Å². The predicted octanol–water partition coefficient (Wildman–Crippen LogP) is 1.34. The van der Waals surface area contributed by atoms with E-state index >= 15 is 0 Å². The molecule has 0 aliphatic rings. The molecule has 0 radical (unpaired) electrons. The summed E-state index contributed by atoms with van der Waals surface area (Å²) in [5, 5.41) is 0.655. The van der Waals surface area contributed by atoms with Crippen molar-refractivity contribution in [1.29, 1.82) is 0 Å². The average molecular weight is 282 g/mol. The van der Waals surface area contributed by atoms with Crippen molar-refractivity contribution < 1.29 is 0 Å². The third-order valence-electron chi connectivity index (χ3n) is 3.13. The van der Waals surface area contributed by atoms with E-state index in [4.69, 9.17) is 0 Å². The van der Waals surface area contributed by atoms with Gasteiger partial charge in [0.2, 0.25) is 0 Å². The van der Waals surface area contributed by atoms with Gasteiger partial charge in [-0.3, -0.25) is 13.9 Å². The largest absolute Gasteiger partial charge is 0.332 e. The zero-order valence-electron chi connectivity index (χ0n) is 11.4. The summed E-state index contributed by atoms with van der Waals surface area (Å²) in [6.45, 7) is 2.70. The first-order chi connectivity index (χ1) is 9.10. The van der Waals surface area contributed by atoms with Crippen LogP contribution in [0.2, 0.25) is 0 Å². The number of imidazole rings is 1. The molecule has 0 saturated heterocycles. The zero-order chi connectivity index (χ0) is 14.0. The normalized spacial score (nSPS) is 11.3. The van der Waals surface area contributed by atoms with E-state index in [0.29, 0.717) is 22.9 Å². The molecule has 0 fully saturated rings. The second-order valence-electron chi connectivity index (χ2n) is 4.45. The second kappa shape index (κ2) is 5.64. The number of aryl methyl sites for hydroxylation is 1. The van der Waals surface area contributed by atoms with Crippen LogP contribution in [0.1, 0.15) is 26.2 Å². The number of hydrogen-bond acceptors (Lipinski definition) is 4. The van der Waals surface area contributed by atoms with Crippen LogP contribution in [-0.2, 0) is 13.6 Å². The molecule has 0 aliphatic heterocycles. The van der Waals surface area contributed by atoms with Gasteiger partial charge in [0.25, 0.3) is 5.56 Å². The molecule has 2 aromatic rings. The number of thioether (sulfide) groups is 1. The van der Waals surface area contributed by atoms with Crippen molar-refractivity contribution in [2.45, 2.75) is 37.9 Å². The fourth-order valence-electron chi connectivity index (χ4n) is 2.03. The standard InChI is InChI=1S/C12H18N4O2S/c1-4-5-6-7-16-9-8(13-11(14-9)19-3)10(17)15(2)12(16)18/h4-7H2,1-3H3,(H,13,14). The molecule has 1 N–H and O–H groups in total. The van der Waals surface area contributed by atoms with Crippen LogP contribution >= 0.6 is 11.8 Å². The van der Waals surface area contributed by atoms with Gasteiger partial charge in [0.05, 0.1) is 0 Å². The molecule has 2 rings (SSSR count). The fraction of sp³-hybridized carbons (Fsp3) is 0.583.